The quantitative estimate of drug-likeness (QED) is 0.270. The van der Waals surface area contributed by atoms with Crippen molar-refractivity contribution >= 4 is 66.2 Å². The number of azo groups is 1. The summed E-state index contributed by atoms with van der Waals surface area (Å²) in [5, 5.41) is 13.0. The molecule has 0 radical (unpaired) electrons. The average molecular weight is 569 g/mol. The number of hydrazone groups is 1. The Labute approximate surface area is 233 Å². The monoisotopic (exact) mass is 568 g/mol. The van der Waals surface area contributed by atoms with Crippen molar-refractivity contribution in [3.05, 3.63) is 52.4 Å². The normalized spacial score (nSPS) is 16.3. The van der Waals surface area contributed by atoms with Crippen molar-refractivity contribution in [2.45, 2.75) is 22.8 Å². The molecule has 0 fully saturated rings. The summed E-state index contributed by atoms with van der Waals surface area (Å²) in [6, 6.07) is 4.54. The van der Waals surface area contributed by atoms with E-state index in [2.05, 4.69) is 21.9 Å². The number of amides is 1. The summed E-state index contributed by atoms with van der Waals surface area (Å²) in [7, 11) is -7.30. The molecule has 0 aromatic heterocycles. The molecule has 3 rings (SSSR count). The molecule has 1 unspecified atom stereocenters. The standard InChI is InChI=1S/C19H16Cl2N4O7S2.Na/c1-4-33(27,28)11-5-6-16(32-3)14(7-11)22-23-18-10(2)24-25(19(18)26)15-8-13(21)17(9-12(15)20)34(29,30)31;/h4-9,18H,1H2,2-3H3,(H,29,30,31);/q;+1/p-1. The summed E-state index contributed by atoms with van der Waals surface area (Å²) in [5.41, 5.74) is 0.170. The minimum Gasteiger partial charge on any atom is -0.744 e. The van der Waals surface area contributed by atoms with E-state index >= 15 is 0 Å². The zero-order chi connectivity index (χ0) is 25.4. The maximum Gasteiger partial charge on any atom is 1.00 e. The Balaban J connectivity index is 0.00000432. The fraction of sp³-hybridized carbons (Fsp3) is 0.158. The number of sulfone groups is 1. The molecule has 180 valence electrons. The Kier molecular flexibility index (Phi) is 9.28. The summed E-state index contributed by atoms with van der Waals surface area (Å²) >= 11 is 12.0. The first-order valence-electron chi connectivity index (χ1n) is 9.10. The predicted octanol–water partition coefficient (Wildman–Crippen LogP) is 0.702. The summed E-state index contributed by atoms with van der Waals surface area (Å²) in [6.45, 7) is 4.76. The molecule has 1 amide bonds. The van der Waals surface area contributed by atoms with E-state index in [4.69, 9.17) is 27.9 Å². The van der Waals surface area contributed by atoms with Crippen molar-refractivity contribution in [3.63, 3.8) is 0 Å². The van der Waals surface area contributed by atoms with Gasteiger partial charge < -0.3 is 9.29 Å². The number of methoxy groups -OCH3 is 1. The van der Waals surface area contributed by atoms with Gasteiger partial charge in [0.05, 0.1) is 38.3 Å². The fourth-order valence-corrected chi connectivity index (χ4v) is 4.91. The fourth-order valence-electron chi connectivity index (χ4n) is 2.87. The van der Waals surface area contributed by atoms with Crippen molar-refractivity contribution in [3.8, 4) is 5.75 Å². The number of anilines is 1. The minimum absolute atomic E-state index is 0. The molecule has 0 spiro atoms. The van der Waals surface area contributed by atoms with Crippen LogP contribution in [0.4, 0.5) is 11.4 Å². The number of carbonyl (C=O) groups is 1. The molecule has 35 heavy (non-hydrogen) atoms. The van der Waals surface area contributed by atoms with E-state index in [9.17, 15) is 26.2 Å². The van der Waals surface area contributed by atoms with E-state index in [1.54, 1.807) is 0 Å². The molecule has 1 aliphatic heterocycles. The second-order valence-electron chi connectivity index (χ2n) is 6.74. The van der Waals surface area contributed by atoms with E-state index in [1.807, 2.05) is 0 Å². The SMILES string of the molecule is C=CS(=O)(=O)c1ccc(OC)c(N=NC2C(=O)N(c3cc(Cl)c(S(=O)(=O)[O-])cc3Cl)N=C2C)c1.[Na+]. The third-order valence-corrected chi connectivity index (χ3v) is 7.53. The van der Waals surface area contributed by atoms with E-state index in [-0.39, 0.29) is 62.3 Å². The zero-order valence-corrected chi connectivity index (χ0v) is 23.6. The molecule has 11 nitrogen and oxygen atoms in total. The van der Waals surface area contributed by atoms with Gasteiger partial charge in [0.2, 0.25) is 0 Å². The van der Waals surface area contributed by atoms with E-state index in [1.165, 1.54) is 32.2 Å². The molecule has 2 aromatic rings. The van der Waals surface area contributed by atoms with Gasteiger partial charge in [-0.15, -0.1) is 0 Å². The van der Waals surface area contributed by atoms with Gasteiger partial charge in [0.15, 0.2) is 15.9 Å². The van der Waals surface area contributed by atoms with Crippen LogP contribution in [0.1, 0.15) is 6.92 Å². The van der Waals surface area contributed by atoms with Crippen LogP contribution in [0.3, 0.4) is 0 Å². The summed E-state index contributed by atoms with van der Waals surface area (Å²) in [5.74, 6) is -0.501. The van der Waals surface area contributed by atoms with Crippen molar-refractivity contribution in [1.29, 1.82) is 0 Å². The van der Waals surface area contributed by atoms with Crippen molar-refractivity contribution in [1.82, 2.24) is 0 Å². The molecular formula is C19H15Cl2N4NaO7S2. The topological polar surface area (TPSA) is 158 Å². The number of halogens is 2. The number of rotatable bonds is 7. The second kappa shape index (κ2) is 11.0. The molecule has 0 aliphatic carbocycles. The molecule has 1 heterocycles. The van der Waals surface area contributed by atoms with Gasteiger partial charge in [-0.3, -0.25) is 4.79 Å². The molecule has 2 aromatic carbocycles. The molecule has 16 heteroatoms. The number of hydrogen-bond donors (Lipinski definition) is 0. The van der Waals surface area contributed by atoms with Gasteiger partial charge in [0.25, 0.3) is 5.91 Å². The Morgan fingerprint density at radius 1 is 1.17 bits per heavy atom. The Hall–Kier alpha value is -1.84. The van der Waals surface area contributed by atoms with Crippen LogP contribution < -0.4 is 39.3 Å². The molecule has 0 saturated carbocycles. The summed E-state index contributed by atoms with van der Waals surface area (Å²) in [4.78, 5) is 12.1. The van der Waals surface area contributed by atoms with Crippen LogP contribution in [0, 0.1) is 0 Å². The van der Waals surface area contributed by atoms with Gasteiger partial charge in [-0.2, -0.15) is 20.3 Å². The first-order valence-corrected chi connectivity index (χ1v) is 12.8. The van der Waals surface area contributed by atoms with Gasteiger partial charge in [0, 0.05) is 5.41 Å². The molecule has 0 saturated heterocycles. The molecule has 1 atom stereocenters. The van der Waals surface area contributed by atoms with Gasteiger partial charge in [-0.1, -0.05) is 29.8 Å². The smallest absolute Gasteiger partial charge is 0.744 e. The minimum atomic E-state index is -4.89. The van der Waals surface area contributed by atoms with Crippen LogP contribution in [0.5, 0.6) is 5.75 Å². The molecule has 1 aliphatic rings. The summed E-state index contributed by atoms with van der Waals surface area (Å²) < 4.78 is 63.2. The first-order chi connectivity index (χ1) is 15.8. The van der Waals surface area contributed by atoms with E-state index < -0.39 is 41.8 Å². The van der Waals surface area contributed by atoms with Gasteiger partial charge in [0.1, 0.15) is 21.6 Å². The average Bonchev–Trinajstić information content (AvgIpc) is 3.05. The third kappa shape index (κ3) is 6.12. The molecular weight excluding hydrogens is 554 g/mol. The van der Waals surface area contributed by atoms with Crippen LogP contribution in [-0.4, -0.2) is 46.2 Å². The van der Waals surface area contributed by atoms with Crippen LogP contribution in [0.2, 0.25) is 10.0 Å². The van der Waals surface area contributed by atoms with Gasteiger partial charge >= 0.3 is 29.6 Å². The van der Waals surface area contributed by atoms with E-state index in [0.717, 1.165) is 22.5 Å². The Morgan fingerprint density at radius 2 is 1.83 bits per heavy atom. The van der Waals surface area contributed by atoms with Gasteiger partial charge in [-0.25, -0.2) is 16.8 Å². The van der Waals surface area contributed by atoms with Crippen molar-refractivity contribution in [2.24, 2.45) is 15.3 Å². The van der Waals surface area contributed by atoms with Crippen molar-refractivity contribution in [2.75, 3.05) is 12.1 Å². The summed E-state index contributed by atoms with van der Waals surface area (Å²) in [6.07, 6.45) is 0. The number of nitrogens with zero attached hydrogens (tertiary/aromatic N) is 4. The number of benzene rings is 2. The van der Waals surface area contributed by atoms with Crippen LogP contribution in [0.25, 0.3) is 0 Å². The van der Waals surface area contributed by atoms with Crippen LogP contribution >= 0.6 is 23.2 Å². The van der Waals surface area contributed by atoms with E-state index in [0.29, 0.717) is 0 Å². The van der Waals surface area contributed by atoms with Crippen LogP contribution in [-0.2, 0) is 24.7 Å². The van der Waals surface area contributed by atoms with Crippen molar-refractivity contribution < 1.29 is 60.5 Å². The maximum atomic E-state index is 12.9. The maximum absolute atomic E-state index is 12.9. The third-order valence-electron chi connectivity index (χ3n) is 4.57. The largest absolute Gasteiger partial charge is 1.00 e. The number of hydrogen-bond acceptors (Lipinski definition) is 10. The predicted molar refractivity (Wildman–Crippen MR) is 124 cm³/mol. The Morgan fingerprint density at radius 3 is 2.40 bits per heavy atom. The van der Waals surface area contributed by atoms with Crippen LogP contribution in [0.15, 0.2) is 67.4 Å². The Bertz CT molecular complexity index is 1480. The first kappa shape index (κ1) is 29.4. The number of carbonyl (C=O) groups excluding carboxylic acids is 1. The number of ether oxygens (including phenoxy) is 1. The van der Waals surface area contributed by atoms with Gasteiger partial charge in [-0.05, 0) is 37.3 Å². The molecule has 0 bridgehead atoms. The zero-order valence-electron chi connectivity index (χ0n) is 18.5. The second-order valence-corrected chi connectivity index (χ2v) is 10.8. The molecule has 0 N–H and O–H groups in total.